The van der Waals surface area contributed by atoms with Crippen molar-refractivity contribution in [1.82, 2.24) is 9.55 Å². The van der Waals surface area contributed by atoms with E-state index >= 15 is 0 Å². The summed E-state index contributed by atoms with van der Waals surface area (Å²) in [4.78, 5) is 4.37. The second kappa shape index (κ2) is 10.4. The Hall–Kier alpha value is -5.47. The van der Waals surface area contributed by atoms with Crippen molar-refractivity contribution >= 4 is 32.6 Å². The summed E-state index contributed by atoms with van der Waals surface area (Å²) in [5.74, 6) is -0.387. The van der Waals surface area contributed by atoms with E-state index in [1.165, 1.54) is 53.1 Å². The van der Waals surface area contributed by atoms with E-state index in [9.17, 15) is 5.48 Å². The molecular weight excluding hydrogens is 520 g/mol. The second-order valence-electron chi connectivity index (χ2n) is 9.76. The van der Waals surface area contributed by atoms with Gasteiger partial charge in [0.25, 0.3) is 0 Å². The normalized spacial score (nSPS) is 18.0. The number of hydrogen-bond donors (Lipinski definition) is 0. The smallest absolute Gasteiger partial charge is 0.114 e. The van der Waals surface area contributed by atoms with Gasteiger partial charge in [-0.3, -0.25) is 4.57 Å². The van der Waals surface area contributed by atoms with Crippen LogP contribution in [-0.2, 0) is 6.37 Å². The standard InChI is InChI=1S/C41H30N2/c1-2-39-42-37-18-10-11-19-38(37)43(39)32-26-24-31(25-27-32)41-35-16-8-6-14-33(35)40(34-15-7-9-17-36(34)41)30-22-20-29(21-23-30)28-12-4-3-5-13-28/h3-27H,2H2,1H3/i1D3,2D2,3D,4D,5D,6D,7D,8D,9D,12D,13D,14D,15D,16D,17D. The fourth-order valence-electron chi connectivity index (χ4n) is 5.55. The van der Waals surface area contributed by atoms with Crippen LogP contribution >= 0.6 is 0 Å². The third kappa shape index (κ3) is 4.23. The Labute approximate surface area is 276 Å². The molecule has 0 radical (unpaired) electrons. The first-order valence-electron chi connectivity index (χ1n) is 22.3. The first kappa shape index (κ1) is 12.8. The lowest BCUT2D eigenvalue weighted by atomic mass is 9.85. The number of fused-ring (bicyclic) bond motifs is 3. The molecule has 7 aromatic carbocycles. The van der Waals surface area contributed by atoms with E-state index < -0.39 is 91.8 Å². The molecule has 2 heteroatoms. The maximum Gasteiger partial charge on any atom is 0.114 e. The zero-order valence-corrected chi connectivity index (χ0v) is 22.3. The van der Waals surface area contributed by atoms with E-state index in [0.29, 0.717) is 11.0 Å². The van der Waals surface area contributed by atoms with Crippen molar-refractivity contribution in [2.45, 2.75) is 13.2 Å². The maximum absolute atomic E-state index is 9.24. The number of hydrogen-bond acceptors (Lipinski definition) is 1. The molecule has 1 heterocycles. The third-order valence-electron chi connectivity index (χ3n) is 7.42. The average Bonchev–Trinajstić information content (AvgIpc) is 3.64. The molecule has 0 amide bonds. The van der Waals surface area contributed by atoms with Crippen molar-refractivity contribution in [3.63, 3.8) is 0 Å². The molecule has 43 heavy (non-hydrogen) atoms. The van der Waals surface area contributed by atoms with Crippen LogP contribution in [0.4, 0.5) is 0 Å². The van der Waals surface area contributed by atoms with Gasteiger partial charge in [0.15, 0.2) is 0 Å². The fraction of sp³-hybridized carbons (Fsp3) is 0.0488. The van der Waals surface area contributed by atoms with Gasteiger partial charge in [-0.25, -0.2) is 4.98 Å². The molecule has 0 aliphatic rings. The third-order valence-corrected chi connectivity index (χ3v) is 7.42. The van der Waals surface area contributed by atoms with Crippen LogP contribution in [0.25, 0.3) is 71.6 Å². The molecule has 1 aromatic heterocycles. The Morgan fingerprint density at radius 1 is 0.581 bits per heavy atom. The first-order valence-corrected chi connectivity index (χ1v) is 13.3. The summed E-state index contributed by atoms with van der Waals surface area (Å²) in [7, 11) is 0. The molecule has 0 unspecified atom stereocenters. The van der Waals surface area contributed by atoms with Gasteiger partial charge in [-0.2, -0.15) is 0 Å². The molecule has 2 nitrogen and oxygen atoms in total. The van der Waals surface area contributed by atoms with Gasteiger partial charge in [-0.05, 0) is 79.2 Å². The summed E-state index contributed by atoms with van der Waals surface area (Å²) in [5.41, 5.74) is 1.74. The van der Waals surface area contributed by atoms with Gasteiger partial charge < -0.3 is 0 Å². The summed E-state index contributed by atoms with van der Waals surface area (Å²) in [5, 5.41) is -0.305. The summed E-state index contributed by atoms with van der Waals surface area (Å²) >= 11 is 0. The first-order chi connectivity index (χ1) is 28.6. The van der Waals surface area contributed by atoms with Crippen molar-refractivity contribution in [3.05, 3.63) is 157 Å². The minimum Gasteiger partial charge on any atom is -0.296 e. The average molecular weight is 569 g/mol. The molecule has 0 N–H and O–H groups in total. The maximum atomic E-state index is 9.24. The molecule has 0 saturated carbocycles. The molecule has 204 valence electrons. The van der Waals surface area contributed by atoms with Gasteiger partial charge in [0.05, 0.1) is 28.9 Å². The lowest BCUT2D eigenvalue weighted by Gasteiger charge is -2.18. The number of nitrogens with zero attached hydrogens (tertiary/aromatic N) is 2. The number of para-hydroxylation sites is 2. The number of rotatable bonds is 5. The zero-order chi connectivity index (χ0) is 44.4. The minimum atomic E-state index is -3.10. The van der Waals surface area contributed by atoms with E-state index in [0.717, 1.165) is 0 Å². The monoisotopic (exact) mass is 568 g/mol. The Bertz CT molecular complexity index is 3060. The summed E-state index contributed by atoms with van der Waals surface area (Å²) in [6.07, 6.45) is -2.90. The SMILES string of the molecule is [2H]c1c([2H])c([2H])c(-c2ccc(-c3c4c([2H])c([2H])c([2H])c([2H])c4c(-c4ccc(-n5c(C([2H])([2H])C([2H])([2H])[2H])nc6ccccc65)cc4)c4c([2H])c([2H])c([2H])c([2H])c34)cc2)c([2H])c1[2H]. The highest BCUT2D eigenvalue weighted by molar-refractivity contribution is 6.21. The molecule has 0 bridgehead atoms. The van der Waals surface area contributed by atoms with Crippen molar-refractivity contribution in [2.75, 3.05) is 0 Å². The van der Waals surface area contributed by atoms with Gasteiger partial charge in [-0.1, -0.05) is 134 Å². The van der Waals surface area contributed by atoms with E-state index in [2.05, 4.69) is 4.98 Å². The molecule has 0 aliphatic heterocycles. The van der Waals surface area contributed by atoms with Gasteiger partial charge in [0.2, 0.25) is 0 Å². The van der Waals surface area contributed by atoms with Crippen molar-refractivity contribution in [3.8, 4) is 39.1 Å². The van der Waals surface area contributed by atoms with Gasteiger partial charge in [0, 0.05) is 18.9 Å². The minimum absolute atomic E-state index is 0.0402. The molecule has 0 aliphatic carbocycles. The van der Waals surface area contributed by atoms with Crippen LogP contribution in [0, 0.1) is 0 Å². The van der Waals surface area contributed by atoms with Crippen LogP contribution in [0.1, 0.15) is 37.3 Å². The molecule has 8 rings (SSSR count). The van der Waals surface area contributed by atoms with E-state index in [1.54, 1.807) is 24.3 Å². The van der Waals surface area contributed by atoms with Gasteiger partial charge in [0.1, 0.15) is 5.82 Å². The summed E-state index contributed by atoms with van der Waals surface area (Å²) < 4.78 is 155. The highest BCUT2D eigenvalue weighted by Gasteiger charge is 2.17. The van der Waals surface area contributed by atoms with Crippen LogP contribution in [0.15, 0.2) is 151 Å². The Kier molecular flexibility index (Phi) is 3.10. The number of aryl methyl sites for hydroxylation is 1. The lowest BCUT2D eigenvalue weighted by Crippen LogP contribution is -2.00. The van der Waals surface area contributed by atoms with Crippen LogP contribution in [0.2, 0.25) is 0 Å². The van der Waals surface area contributed by atoms with Crippen LogP contribution < -0.4 is 0 Å². The zero-order valence-electron chi connectivity index (χ0n) is 40.3. The number of imidazole rings is 1. The van der Waals surface area contributed by atoms with Gasteiger partial charge >= 0.3 is 0 Å². The van der Waals surface area contributed by atoms with Crippen molar-refractivity contribution < 1.29 is 24.7 Å². The summed E-state index contributed by atoms with van der Waals surface area (Å²) in [6.45, 7) is -3.10. The largest absolute Gasteiger partial charge is 0.296 e. The molecule has 0 fully saturated rings. The van der Waals surface area contributed by atoms with E-state index in [-0.39, 0.29) is 66.4 Å². The van der Waals surface area contributed by atoms with Crippen molar-refractivity contribution in [1.29, 1.82) is 0 Å². The molecular formula is C41H30N2. The quantitative estimate of drug-likeness (QED) is 0.189. The Morgan fingerprint density at radius 3 is 1.67 bits per heavy atom. The van der Waals surface area contributed by atoms with E-state index in [4.69, 9.17) is 19.2 Å². The fourth-order valence-corrected chi connectivity index (χ4v) is 5.55. The highest BCUT2D eigenvalue weighted by atomic mass is 15.1. The van der Waals surface area contributed by atoms with Crippen LogP contribution in [-0.4, -0.2) is 9.55 Å². The Morgan fingerprint density at radius 2 is 1.09 bits per heavy atom. The highest BCUT2D eigenvalue weighted by Crippen LogP contribution is 2.44. The van der Waals surface area contributed by atoms with E-state index in [1.807, 2.05) is 0 Å². The molecule has 0 atom stereocenters. The number of aromatic nitrogens is 2. The number of benzene rings is 7. The Balaban J connectivity index is 1.45. The van der Waals surface area contributed by atoms with Gasteiger partial charge in [-0.15, -0.1) is 0 Å². The molecule has 0 saturated heterocycles. The summed E-state index contributed by atoms with van der Waals surface area (Å²) in [6, 6.07) is 11.7. The molecule has 8 aromatic rings. The predicted octanol–water partition coefficient (Wildman–Crippen LogP) is 10.9. The molecule has 0 spiro atoms. The predicted molar refractivity (Wildman–Crippen MR) is 182 cm³/mol. The van der Waals surface area contributed by atoms with Crippen molar-refractivity contribution in [2.24, 2.45) is 0 Å². The van der Waals surface area contributed by atoms with Crippen LogP contribution in [0.5, 0.6) is 0 Å². The lowest BCUT2D eigenvalue weighted by molar-refractivity contribution is 0.908. The topological polar surface area (TPSA) is 17.8 Å². The second-order valence-corrected chi connectivity index (χ2v) is 9.76. The van der Waals surface area contributed by atoms with Crippen LogP contribution in [0.3, 0.4) is 0 Å².